The van der Waals surface area contributed by atoms with Gasteiger partial charge in [-0.05, 0) is 18.9 Å². The Labute approximate surface area is 150 Å². The molecule has 0 spiro atoms. The Kier molecular flexibility index (Phi) is 6.42. The van der Waals surface area contributed by atoms with Crippen molar-refractivity contribution < 1.29 is 23.3 Å². The third-order valence-electron chi connectivity index (χ3n) is 4.49. The minimum Gasteiger partial charge on any atom is -0.375 e. The maximum Gasteiger partial charge on any atom is 0.293 e. The van der Waals surface area contributed by atoms with Gasteiger partial charge in [-0.25, -0.2) is 0 Å². The fraction of sp³-hybridized carbons (Fsp3) is 0.611. The van der Waals surface area contributed by atoms with Crippen molar-refractivity contribution in [3.63, 3.8) is 0 Å². The Balaban J connectivity index is 1.73. The van der Waals surface area contributed by atoms with Crippen LogP contribution in [-0.2, 0) is 23.3 Å². The smallest absolute Gasteiger partial charge is 0.293 e. The van der Waals surface area contributed by atoms with Gasteiger partial charge in [0.25, 0.3) is 14.4 Å². The zero-order chi connectivity index (χ0) is 17.8. The maximum absolute atomic E-state index is 12.4. The number of benzene rings is 1. The van der Waals surface area contributed by atoms with E-state index in [0.29, 0.717) is 6.54 Å². The zero-order valence-electron chi connectivity index (χ0n) is 15.0. The summed E-state index contributed by atoms with van der Waals surface area (Å²) in [5.74, 6) is -0.105. The summed E-state index contributed by atoms with van der Waals surface area (Å²) < 4.78 is 25.0. The predicted molar refractivity (Wildman–Crippen MR) is 94.9 cm³/mol. The minimum atomic E-state index is -1.46. The molecule has 138 valence electrons. The molecule has 2 heterocycles. The maximum atomic E-state index is 12.4. The lowest BCUT2D eigenvalue weighted by Crippen LogP contribution is -2.30. The van der Waals surface area contributed by atoms with E-state index in [-0.39, 0.29) is 36.9 Å². The van der Waals surface area contributed by atoms with Gasteiger partial charge in [-0.15, -0.1) is 0 Å². The molecule has 2 fully saturated rings. The molecule has 0 radical (unpaired) electrons. The van der Waals surface area contributed by atoms with Crippen LogP contribution in [0.1, 0.15) is 38.4 Å². The molecule has 0 aromatic heterocycles. The molecule has 7 heteroatoms. The van der Waals surface area contributed by atoms with Crippen LogP contribution in [0, 0.1) is 0 Å². The quantitative estimate of drug-likeness (QED) is 0.721. The number of ether oxygens (including phenoxy) is 2. The van der Waals surface area contributed by atoms with Gasteiger partial charge in [0.15, 0.2) is 0 Å². The molecule has 0 aliphatic carbocycles. The van der Waals surface area contributed by atoms with Crippen LogP contribution in [0.3, 0.4) is 0 Å². The molecule has 3 unspecified atom stereocenters. The van der Waals surface area contributed by atoms with Gasteiger partial charge < -0.3 is 18.5 Å². The van der Waals surface area contributed by atoms with Gasteiger partial charge in [-0.3, -0.25) is 9.46 Å². The summed E-state index contributed by atoms with van der Waals surface area (Å²) in [4.78, 5) is 12.4. The first-order chi connectivity index (χ1) is 12.1. The summed E-state index contributed by atoms with van der Waals surface area (Å²) in [5, 5.41) is 0. The standard InChI is InChI=1S/C18H26NO5P/c1-4-15-16(10-13(2)22-15)23-25-19(18(20)12-21-3)11-17(24-25)14-8-6-5-7-9-14/h5-9,13,15-17H,4,10-12H2,1-3H3/t13-,15+,16?,17?,25?/m0/s1. The SMILES string of the molecule is CC[C@H]1O[C@@H](C)CC1OP1OC(c2ccccc2)CN1C(=O)COC. The summed E-state index contributed by atoms with van der Waals surface area (Å²) in [5.41, 5.74) is 1.05. The molecule has 2 saturated heterocycles. The molecule has 1 aromatic carbocycles. The fourth-order valence-electron chi connectivity index (χ4n) is 3.24. The molecule has 6 nitrogen and oxygen atoms in total. The molecule has 0 N–H and O–H groups in total. The van der Waals surface area contributed by atoms with Gasteiger partial charge >= 0.3 is 0 Å². The molecule has 0 saturated carbocycles. The Bertz CT molecular complexity index is 572. The van der Waals surface area contributed by atoms with Gasteiger partial charge in [0.2, 0.25) is 0 Å². The highest BCUT2D eigenvalue weighted by Crippen LogP contribution is 2.55. The first-order valence-electron chi connectivity index (χ1n) is 8.75. The molecule has 1 amide bonds. The van der Waals surface area contributed by atoms with Gasteiger partial charge in [-0.2, -0.15) is 0 Å². The second kappa shape index (κ2) is 8.56. The number of nitrogens with zero attached hydrogens (tertiary/aromatic N) is 1. The van der Waals surface area contributed by atoms with Crippen LogP contribution in [0.25, 0.3) is 0 Å². The average molecular weight is 367 g/mol. The lowest BCUT2D eigenvalue weighted by molar-refractivity contribution is -0.130. The van der Waals surface area contributed by atoms with Crippen LogP contribution in [0.5, 0.6) is 0 Å². The molecule has 3 rings (SSSR count). The van der Waals surface area contributed by atoms with Crippen molar-refractivity contribution in [2.45, 2.75) is 51.1 Å². The molecular weight excluding hydrogens is 341 g/mol. The van der Waals surface area contributed by atoms with Gasteiger partial charge in [-0.1, -0.05) is 37.3 Å². The minimum absolute atomic E-state index is 0.0296. The molecule has 25 heavy (non-hydrogen) atoms. The van der Waals surface area contributed by atoms with E-state index in [1.807, 2.05) is 30.3 Å². The summed E-state index contributed by atoms with van der Waals surface area (Å²) in [6, 6.07) is 9.94. The topological polar surface area (TPSA) is 57.2 Å². The molecule has 0 bridgehead atoms. The van der Waals surface area contributed by atoms with Crippen molar-refractivity contribution in [2.24, 2.45) is 0 Å². The van der Waals surface area contributed by atoms with Crippen molar-refractivity contribution in [3.8, 4) is 0 Å². The van der Waals surface area contributed by atoms with Crippen LogP contribution in [-0.4, -0.2) is 49.2 Å². The van der Waals surface area contributed by atoms with E-state index >= 15 is 0 Å². The number of amides is 1. The second-order valence-electron chi connectivity index (χ2n) is 6.42. The van der Waals surface area contributed by atoms with Crippen LogP contribution < -0.4 is 0 Å². The number of methoxy groups -OCH3 is 1. The van der Waals surface area contributed by atoms with Crippen molar-refractivity contribution in [1.82, 2.24) is 4.67 Å². The molecular formula is C18H26NO5P. The van der Waals surface area contributed by atoms with E-state index in [1.54, 1.807) is 4.67 Å². The lowest BCUT2D eigenvalue weighted by atomic mass is 10.1. The third kappa shape index (κ3) is 4.39. The molecule has 5 atom stereocenters. The first kappa shape index (κ1) is 18.7. The highest BCUT2D eigenvalue weighted by molar-refractivity contribution is 7.45. The number of carbonyl (C=O) groups excluding carboxylic acids is 1. The first-order valence-corrected chi connectivity index (χ1v) is 9.88. The number of carbonyl (C=O) groups is 1. The lowest BCUT2D eigenvalue weighted by Gasteiger charge is -2.25. The number of hydrogen-bond donors (Lipinski definition) is 0. The van der Waals surface area contributed by atoms with Gasteiger partial charge in [0.1, 0.15) is 12.7 Å². The van der Waals surface area contributed by atoms with Crippen molar-refractivity contribution in [1.29, 1.82) is 0 Å². The number of hydrogen-bond acceptors (Lipinski definition) is 5. The number of rotatable bonds is 6. The monoisotopic (exact) mass is 367 g/mol. The van der Waals surface area contributed by atoms with E-state index in [1.165, 1.54) is 7.11 Å². The van der Waals surface area contributed by atoms with E-state index in [0.717, 1.165) is 18.4 Å². The van der Waals surface area contributed by atoms with E-state index < -0.39 is 8.53 Å². The highest BCUT2D eigenvalue weighted by Gasteiger charge is 2.43. The second-order valence-corrected chi connectivity index (χ2v) is 7.80. The molecule has 2 aliphatic heterocycles. The average Bonchev–Trinajstić information content (AvgIpc) is 3.19. The van der Waals surface area contributed by atoms with Crippen LogP contribution in [0.4, 0.5) is 0 Å². The fourth-order valence-corrected chi connectivity index (χ4v) is 4.89. The van der Waals surface area contributed by atoms with E-state index in [2.05, 4.69) is 13.8 Å². The van der Waals surface area contributed by atoms with Crippen molar-refractivity contribution in [3.05, 3.63) is 35.9 Å². The van der Waals surface area contributed by atoms with Crippen molar-refractivity contribution in [2.75, 3.05) is 20.3 Å². The van der Waals surface area contributed by atoms with E-state index in [4.69, 9.17) is 18.5 Å². The highest BCUT2D eigenvalue weighted by atomic mass is 31.2. The van der Waals surface area contributed by atoms with E-state index in [9.17, 15) is 4.79 Å². The summed E-state index contributed by atoms with van der Waals surface area (Å²) in [6.45, 7) is 4.65. The van der Waals surface area contributed by atoms with Gasteiger partial charge in [0.05, 0.1) is 24.9 Å². The largest absolute Gasteiger partial charge is 0.375 e. The van der Waals surface area contributed by atoms with Crippen LogP contribution in [0.15, 0.2) is 30.3 Å². The summed E-state index contributed by atoms with van der Waals surface area (Å²) in [7, 11) is 0.0590. The predicted octanol–water partition coefficient (Wildman–Crippen LogP) is 3.43. The Morgan fingerprint density at radius 3 is 2.80 bits per heavy atom. The summed E-state index contributed by atoms with van der Waals surface area (Å²) >= 11 is 0. The zero-order valence-corrected chi connectivity index (χ0v) is 15.9. The Hall–Kier alpha value is -1.04. The van der Waals surface area contributed by atoms with Crippen LogP contribution in [0.2, 0.25) is 0 Å². The Morgan fingerprint density at radius 2 is 2.12 bits per heavy atom. The van der Waals surface area contributed by atoms with Crippen LogP contribution >= 0.6 is 8.53 Å². The van der Waals surface area contributed by atoms with Crippen molar-refractivity contribution >= 4 is 14.4 Å². The Morgan fingerprint density at radius 1 is 1.36 bits per heavy atom. The normalized spacial score (nSPS) is 32.3. The van der Waals surface area contributed by atoms with Gasteiger partial charge in [0, 0.05) is 13.5 Å². The molecule has 1 aromatic rings. The molecule has 2 aliphatic rings. The summed E-state index contributed by atoms with van der Waals surface area (Å²) in [6.07, 6.45) is 1.71. The third-order valence-corrected chi connectivity index (χ3v) is 6.16.